The Hall–Kier alpha value is -2.34. The third-order valence-electron chi connectivity index (χ3n) is 3.47. The van der Waals surface area contributed by atoms with E-state index in [0.717, 1.165) is 17.5 Å². The lowest BCUT2D eigenvalue weighted by atomic mass is 10.1. The molecule has 0 aliphatic heterocycles. The van der Waals surface area contributed by atoms with Gasteiger partial charge in [-0.2, -0.15) is 0 Å². The van der Waals surface area contributed by atoms with Gasteiger partial charge in [-0.3, -0.25) is 4.79 Å². The van der Waals surface area contributed by atoms with Gasteiger partial charge < -0.3 is 14.8 Å². The number of carbonyl (C=O) groups is 2. The summed E-state index contributed by atoms with van der Waals surface area (Å²) in [4.78, 5) is 24.4. The Bertz CT molecular complexity index is 682. The number of benzene rings is 1. The summed E-state index contributed by atoms with van der Waals surface area (Å²) in [6.45, 7) is 3.99. The maximum Gasteiger partial charge on any atom is 0.344 e. The molecule has 6 heteroatoms. The maximum atomic E-state index is 11.6. The lowest BCUT2D eigenvalue weighted by molar-refractivity contribution is -0.150. The average molecular weight is 347 g/mol. The van der Waals surface area contributed by atoms with Crippen LogP contribution in [-0.2, 0) is 20.7 Å². The molecule has 0 saturated carbocycles. The third kappa shape index (κ3) is 6.04. The topological polar surface area (TPSA) is 64.6 Å². The Morgan fingerprint density at radius 3 is 2.67 bits per heavy atom. The number of amides is 1. The minimum atomic E-state index is -0.568. The van der Waals surface area contributed by atoms with Crippen LogP contribution >= 0.6 is 11.3 Å². The number of hydrogen-bond acceptors (Lipinski definition) is 5. The van der Waals surface area contributed by atoms with Crippen LogP contribution in [0.3, 0.4) is 0 Å². The number of nitrogens with one attached hydrogen (secondary N) is 1. The zero-order chi connectivity index (χ0) is 17.4. The number of hydrogen-bond donors (Lipinski definition) is 1. The molecule has 0 unspecified atom stereocenters. The molecule has 128 valence electrons. The maximum absolute atomic E-state index is 11.6. The molecule has 0 aliphatic carbocycles. The van der Waals surface area contributed by atoms with Crippen LogP contribution in [0.4, 0.5) is 0 Å². The van der Waals surface area contributed by atoms with Gasteiger partial charge >= 0.3 is 5.97 Å². The van der Waals surface area contributed by atoms with Gasteiger partial charge in [0.15, 0.2) is 13.2 Å². The first-order chi connectivity index (χ1) is 11.5. The fraction of sp³-hybridized carbons (Fsp3) is 0.333. The number of carbonyl (C=O) groups excluding carboxylic acids is 2. The average Bonchev–Trinajstić information content (AvgIpc) is 3.07. The van der Waals surface area contributed by atoms with E-state index in [1.54, 1.807) is 17.4 Å². The summed E-state index contributed by atoms with van der Waals surface area (Å²) in [5.41, 5.74) is 2.25. The fourth-order valence-corrected chi connectivity index (χ4v) is 2.67. The predicted molar refractivity (Wildman–Crippen MR) is 93.4 cm³/mol. The van der Waals surface area contributed by atoms with E-state index in [0.29, 0.717) is 12.3 Å². The van der Waals surface area contributed by atoms with Crippen LogP contribution in [0.1, 0.15) is 16.0 Å². The first kappa shape index (κ1) is 18.0. The molecule has 0 spiro atoms. The van der Waals surface area contributed by atoms with Crippen molar-refractivity contribution in [2.75, 3.05) is 19.8 Å². The van der Waals surface area contributed by atoms with Gasteiger partial charge in [-0.15, -0.1) is 11.3 Å². The molecule has 0 atom stereocenters. The molecule has 1 heterocycles. The summed E-state index contributed by atoms with van der Waals surface area (Å²) in [6.07, 6.45) is 0.771. The highest BCUT2D eigenvalue weighted by molar-refractivity contribution is 7.09. The van der Waals surface area contributed by atoms with E-state index in [2.05, 4.69) is 5.32 Å². The van der Waals surface area contributed by atoms with Gasteiger partial charge in [0.1, 0.15) is 5.75 Å². The second-order valence-corrected chi connectivity index (χ2v) is 6.41. The van der Waals surface area contributed by atoms with Crippen molar-refractivity contribution in [1.29, 1.82) is 0 Å². The first-order valence-electron chi connectivity index (χ1n) is 7.69. The SMILES string of the molecule is Cc1ccc(OCC(=O)OCC(=O)NCCc2cccs2)cc1C. The molecule has 5 nitrogen and oxygen atoms in total. The molecule has 2 aromatic rings. The van der Waals surface area contributed by atoms with E-state index in [4.69, 9.17) is 9.47 Å². The van der Waals surface area contributed by atoms with Crippen LogP contribution in [0.15, 0.2) is 35.7 Å². The largest absolute Gasteiger partial charge is 0.482 e. The summed E-state index contributed by atoms with van der Waals surface area (Å²) in [6, 6.07) is 9.57. The van der Waals surface area contributed by atoms with Crippen LogP contribution in [0.5, 0.6) is 5.75 Å². The third-order valence-corrected chi connectivity index (χ3v) is 4.41. The van der Waals surface area contributed by atoms with Crippen molar-refractivity contribution in [2.45, 2.75) is 20.3 Å². The molecule has 1 aromatic heterocycles. The zero-order valence-corrected chi connectivity index (χ0v) is 14.7. The van der Waals surface area contributed by atoms with Gasteiger partial charge in [0, 0.05) is 11.4 Å². The van der Waals surface area contributed by atoms with Crippen LogP contribution in [0.2, 0.25) is 0 Å². The van der Waals surface area contributed by atoms with Crippen molar-refractivity contribution >= 4 is 23.2 Å². The second kappa shape index (κ2) is 9.08. The Morgan fingerprint density at radius 1 is 1.12 bits per heavy atom. The summed E-state index contributed by atoms with van der Waals surface area (Å²) in [5, 5.41) is 4.71. The molecule has 2 rings (SSSR count). The fourth-order valence-electron chi connectivity index (χ4n) is 1.96. The number of esters is 1. The first-order valence-corrected chi connectivity index (χ1v) is 8.57. The summed E-state index contributed by atoms with van der Waals surface area (Å²) in [7, 11) is 0. The minimum Gasteiger partial charge on any atom is -0.482 e. The Morgan fingerprint density at radius 2 is 1.96 bits per heavy atom. The van der Waals surface area contributed by atoms with Crippen molar-refractivity contribution in [3.63, 3.8) is 0 Å². The van der Waals surface area contributed by atoms with Crippen molar-refractivity contribution in [1.82, 2.24) is 5.32 Å². The Labute approximate surface area is 145 Å². The quantitative estimate of drug-likeness (QED) is 0.746. The van der Waals surface area contributed by atoms with E-state index in [9.17, 15) is 9.59 Å². The van der Waals surface area contributed by atoms with Crippen LogP contribution in [-0.4, -0.2) is 31.6 Å². The van der Waals surface area contributed by atoms with Crippen molar-refractivity contribution < 1.29 is 19.1 Å². The normalized spacial score (nSPS) is 10.2. The molecule has 1 N–H and O–H groups in total. The summed E-state index contributed by atoms with van der Waals surface area (Å²) >= 11 is 1.65. The van der Waals surface area contributed by atoms with Gasteiger partial charge in [-0.25, -0.2) is 4.79 Å². The number of thiophene rings is 1. The van der Waals surface area contributed by atoms with E-state index < -0.39 is 5.97 Å². The molecule has 1 amide bonds. The molecule has 24 heavy (non-hydrogen) atoms. The molecular formula is C18H21NO4S. The molecule has 0 radical (unpaired) electrons. The Kier molecular flexibility index (Phi) is 6.81. The van der Waals surface area contributed by atoms with E-state index in [1.165, 1.54) is 4.88 Å². The van der Waals surface area contributed by atoms with Crippen LogP contribution < -0.4 is 10.1 Å². The van der Waals surface area contributed by atoms with Gasteiger partial charge in [-0.05, 0) is 55.0 Å². The highest BCUT2D eigenvalue weighted by atomic mass is 32.1. The Balaban J connectivity index is 1.61. The van der Waals surface area contributed by atoms with Crippen molar-refractivity contribution in [3.05, 3.63) is 51.7 Å². The van der Waals surface area contributed by atoms with Crippen LogP contribution in [0, 0.1) is 13.8 Å². The smallest absolute Gasteiger partial charge is 0.344 e. The highest BCUT2D eigenvalue weighted by Crippen LogP contribution is 2.16. The predicted octanol–water partition coefficient (Wildman–Crippen LogP) is 2.65. The van der Waals surface area contributed by atoms with E-state index in [-0.39, 0.29) is 19.1 Å². The lowest BCUT2D eigenvalue weighted by Gasteiger charge is -2.09. The minimum absolute atomic E-state index is 0.217. The number of ether oxygens (including phenoxy) is 2. The molecule has 0 aliphatic rings. The van der Waals surface area contributed by atoms with Gasteiger partial charge in [0.2, 0.25) is 0 Å². The lowest BCUT2D eigenvalue weighted by Crippen LogP contribution is -2.31. The second-order valence-electron chi connectivity index (χ2n) is 5.37. The highest BCUT2D eigenvalue weighted by Gasteiger charge is 2.08. The standard InChI is InChI=1S/C18H21NO4S/c1-13-5-6-15(10-14(13)2)22-12-18(21)23-11-17(20)19-8-7-16-4-3-9-24-16/h3-6,9-10H,7-8,11-12H2,1-2H3,(H,19,20). The zero-order valence-electron chi connectivity index (χ0n) is 13.8. The van der Waals surface area contributed by atoms with Crippen molar-refractivity contribution in [2.24, 2.45) is 0 Å². The molecule has 0 fully saturated rings. The molecule has 0 bridgehead atoms. The molecule has 1 aromatic carbocycles. The molecular weight excluding hydrogens is 326 g/mol. The summed E-state index contributed by atoms with van der Waals surface area (Å²) < 4.78 is 10.3. The van der Waals surface area contributed by atoms with E-state index in [1.807, 2.05) is 43.5 Å². The number of aryl methyl sites for hydroxylation is 2. The monoisotopic (exact) mass is 347 g/mol. The van der Waals surface area contributed by atoms with Gasteiger partial charge in [0.25, 0.3) is 5.91 Å². The number of rotatable bonds is 8. The van der Waals surface area contributed by atoms with Gasteiger partial charge in [-0.1, -0.05) is 12.1 Å². The molecule has 0 saturated heterocycles. The van der Waals surface area contributed by atoms with Crippen molar-refractivity contribution in [3.8, 4) is 5.75 Å². The van der Waals surface area contributed by atoms with Gasteiger partial charge in [0.05, 0.1) is 0 Å². The van der Waals surface area contributed by atoms with E-state index >= 15 is 0 Å². The van der Waals surface area contributed by atoms with Crippen LogP contribution in [0.25, 0.3) is 0 Å². The summed E-state index contributed by atoms with van der Waals surface area (Å²) in [5.74, 6) is -0.275.